The van der Waals surface area contributed by atoms with Gasteiger partial charge in [-0.1, -0.05) is 26.2 Å². The second-order valence-corrected chi connectivity index (χ2v) is 6.41. The predicted octanol–water partition coefficient (Wildman–Crippen LogP) is 2.71. The fourth-order valence-corrected chi connectivity index (χ4v) is 3.54. The monoisotopic (exact) mass is 278 g/mol. The van der Waals surface area contributed by atoms with Gasteiger partial charge in [0, 0.05) is 31.4 Å². The van der Waals surface area contributed by atoms with Gasteiger partial charge in [-0.3, -0.25) is 9.58 Å². The van der Waals surface area contributed by atoms with Crippen LogP contribution >= 0.6 is 0 Å². The molecule has 1 saturated carbocycles. The van der Waals surface area contributed by atoms with Crippen LogP contribution in [0.2, 0.25) is 0 Å². The molecule has 0 amide bonds. The zero-order valence-corrected chi connectivity index (χ0v) is 13.3. The summed E-state index contributed by atoms with van der Waals surface area (Å²) in [5.74, 6) is 0.844. The summed E-state index contributed by atoms with van der Waals surface area (Å²) >= 11 is 0. The van der Waals surface area contributed by atoms with E-state index in [0.29, 0.717) is 0 Å². The molecule has 1 aromatic heterocycles. The number of nitrogens with two attached hydrogens (primary N) is 1. The van der Waals surface area contributed by atoms with E-state index >= 15 is 0 Å². The van der Waals surface area contributed by atoms with E-state index in [1.54, 1.807) is 0 Å². The predicted molar refractivity (Wildman–Crippen MR) is 83.4 cm³/mol. The molecule has 1 aliphatic rings. The topological polar surface area (TPSA) is 47.1 Å². The summed E-state index contributed by atoms with van der Waals surface area (Å²) < 4.78 is 1.87. The standard InChI is InChI=1S/C16H30N4/c1-4-15(17)16(14-10-18-20(3)12-14)19(2)11-13-8-6-5-7-9-13/h10,12-13,15-16H,4-9,11,17H2,1-3H3. The van der Waals surface area contributed by atoms with Gasteiger partial charge in [0.05, 0.1) is 12.2 Å². The average molecular weight is 278 g/mol. The Morgan fingerprint density at radius 2 is 2.10 bits per heavy atom. The molecule has 0 aliphatic heterocycles. The summed E-state index contributed by atoms with van der Waals surface area (Å²) in [5.41, 5.74) is 7.64. The molecule has 2 unspecified atom stereocenters. The Balaban J connectivity index is 2.05. The lowest BCUT2D eigenvalue weighted by Gasteiger charge is -2.35. The first kappa shape index (κ1) is 15.5. The Kier molecular flexibility index (Phi) is 5.61. The van der Waals surface area contributed by atoms with Gasteiger partial charge >= 0.3 is 0 Å². The Bertz CT molecular complexity index is 395. The molecule has 0 radical (unpaired) electrons. The van der Waals surface area contributed by atoms with E-state index in [4.69, 9.17) is 5.73 Å². The third-order valence-electron chi connectivity index (χ3n) is 4.69. The molecule has 0 spiro atoms. The first-order valence-corrected chi connectivity index (χ1v) is 8.06. The van der Waals surface area contributed by atoms with Crippen LogP contribution in [0.1, 0.15) is 57.1 Å². The van der Waals surface area contributed by atoms with E-state index in [0.717, 1.165) is 18.9 Å². The maximum absolute atomic E-state index is 6.39. The van der Waals surface area contributed by atoms with Gasteiger partial charge in [0.25, 0.3) is 0 Å². The number of nitrogens with zero attached hydrogens (tertiary/aromatic N) is 3. The van der Waals surface area contributed by atoms with Crippen LogP contribution in [-0.2, 0) is 7.05 Å². The molecule has 2 atom stereocenters. The molecule has 0 aromatic carbocycles. The van der Waals surface area contributed by atoms with Crippen LogP contribution < -0.4 is 5.73 Å². The Hall–Kier alpha value is -0.870. The minimum atomic E-state index is 0.174. The van der Waals surface area contributed by atoms with Crippen molar-refractivity contribution in [2.24, 2.45) is 18.7 Å². The number of aryl methyl sites for hydroxylation is 1. The van der Waals surface area contributed by atoms with E-state index in [2.05, 4.69) is 30.2 Å². The van der Waals surface area contributed by atoms with Gasteiger partial charge in [-0.25, -0.2) is 0 Å². The first-order valence-electron chi connectivity index (χ1n) is 8.06. The quantitative estimate of drug-likeness (QED) is 0.870. The van der Waals surface area contributed by atoms with E-state index in [9.17, 15) is 0 Å². The zero-order valence-electron chi connectivity index (χ0n) is 13.3. The molecule has 1 aromatic rings. The molecule has 20 heavy (non-hydrogen) atoms. The van der Waals surface area contributed by atoms with Crippen molar-refractivity contribution in [3.63, 3.8) is 0 Å². The molecule has 1 heterocycles. The van der Waals surface area contributed by atoms with Gasteiger partial charge in [0.15, 0.2) is 0 Å². The number of likely N-dealkylation sites (N-methyl/N-ethyl adjacent to an activating group) is 1. The first-order chi connectivity index (χ1) is 9.61. The zero-order chi connectivity index (χ0) is 14.5. The third-order valence-corrected chi connectivity index (χ3v) is 4.69. The van der Waals surface area contributed by atoms with Crippen LogP contribution in [0.5, 0.6) is 0 Å². The maximum Gasteiger partial charge on any atom is 0.0538 e. The summed E-state index contributed by atoms with van der Waals surface area (Å²) in [6.07, 6.45) is 12.0. The lowest BCUT2D eigenvalue weighted by Crippen LogP contribution is -2.41. The SMILES string of the molecule is CCC(N)C(c1cnn(C)c1)N(C)CC1CCCCC1. The van der Waals surface area contributed by atoms with Crippen molar-refractivity contribution in [1.82, 2.24) is 14.7 Å². The highest BCUT2D eigenvalue weighted by Crippen LogP contribution is 2.29. The normalized spacial score (nSPS) is 20.2. The highest BCUT2D eigenvalue weighted by Gasteiger charge is 2.26. The molecular formula is C16H30N4. The summed E-state index contributed by atoms with van der Waals surface area (Å²) in [7, 11) is 4.20. The van der Waals surface area contributed by atoms with Crippen LogP contribution in [0, 0.1) is 5.92 Å². The molecule has 1 aliphatic carbocycles. The highest BCUT2D eigenvalue weighted by molar-refractivity contribution is 5.13. The van der Waals surface area contributed by atoms with Crippen molar-refractivity contribution in [3.05, 3.63) is 18.0 Å². The largest absolute Gasteiger partial charge is 0.326 e. The Labute approximate surface area is 123 Å². The van der Waals surface area contributed by atoms with Crippen molar-refractivity contribution in [3.8, 4) is 0 Å². The fourth-order valence-electron chi connectivity index (χ4n) is 3.54. The number of aromatic nitrogens is 2. The van der Waals surface area contributed by atoms with Crippen molar-refractivity contribution in [2.75, 3.05) is 13.6 Å². The van der Waals surface area contributed by atoms with Crippen molar-refractivity contribution >= 4 is 0 Å². The van der Waals surface area contributed by atoms with Gasteiger partial charge in [-0.15, -0.1) is 0 Å². The summed E-state index contributed by atoms with van der Waals surface area (Å²) in [6.45, 7) is 3.33. The lowest BCUT2D eigenvalue weighted by molar-refractivity contribution is 0.161. The molecule has 0 bridgehead atoms. The molecular weight excluding hydrogens is 248 g/mol. The van der Waals surface area contributed by atoms with E-state index < -0.39 is 0 Å². The summed E-state index contributed by atoms with van der Waals surface area (Å²) in [5, 5.41) is 4.32. The molecule has 1 fully saturated rings. The van der Waals surface area contributed by atoms with Gasteiger partial charge in [-0.05, 0) is 32.2 Å². The lowest BCUT2D eigenvalue weighted by atomic mass is 9.88. The summed E-state index contributed by atoms with van der Waals surface area (Å²) in [6, 6.07) is 0.461. The van der Waals surface area contributed by atoms with Gasteiger partial charge in [0.2, 0.25) is 0 Å². The second kappa shape index (κ2) is 7.23. The van der Waals surface area contributed by atoms with E-state index in [1.807, 2.05) is 17.9 Å². The number of hydrogen-bond donors (Lipinski definition) is 1. The van der Waals surface area contributed by atoms with Gasteiger partial charge in [0.1, 0.15) is 0 Å². The minimum Gasteiger partial charge on any atom is -0.326 e. The number of rotatable bonds is 6. The smallest absolute Gasteiger partial charge is 0.0538 e. The van der Waals surface area contributed by atoms with Crippen molar-refractivity contribution < 1.29 is 0 Å². The molecule has 114 valence electrons. The molecule has 2 rings (SSSR count). The van der Waals surface area contributed by atoms with Crippen LogP contribution in [0.3, 0.4) is 0 Å². The maximum atomic E-state index is 6.39. The van der Waals surface area contributed by atoms with Crippen molar-refractivity contribution in [1.29, 1.82) is 0 Å². The fraction of sp³-hybridized carbons (Fsp3) is 0.812. The molecule has 4 nitrogen and oxygen atoms in total. The number of hydrogen-bond acceptors (Lipinski definition) is 3. The van der Waals surface area contributed by atoms with Gasteiger partial charge < -0.3 is 5.73 Å². The van der Waals surface area contributed by atoms with Gasteiger partial charge in [-0.2, -0.15) is 5.10 Å². The van der Waals surface area contributed by atoms with E-state index in [1.165, 1.54) is 37.7 Å². The van der Waals surface area contributed by atoms with Crippen LogP contribution in [0.4, 0.5) is 0 Å². The van der Waals surface area contributed by atoms with Crippen molar-refractivity contribution in [2.45, 2.75) is 57.5 Å². The minimum absolute atomic E-state index is 0.174. The Morgan fingerprint density at radius 1 is 1.40 bits per heavy atom. The highest BCUT2D eigenvalue weighted by atomic mass is 15.2. The Morgan fingerprint density at radius 3 is 2.65 bits per heavy atom. The van der Waals surface area contributed by atoms with Crippen LogP contribution in [0.25, 0.3) is 0 Å². The molecule has 2 N–H and O–H groups in total. The summed E-state index contributed by atoms with van der Waals surface area (Å²) in [4.78, 5) is 2.46. The van der Waals surface area contributed by atoms with E-state index in [-0.39, 0.29) is 12.1 Å². The average Bonchev–Trinajstić information content (AvgIpc) is 2.86. The van der Waals surface area contributed by atoms with Crippen LogP contribution in [0.15, 0.2) is 12.4 Å². The van der Waals surface area contributed by atoms with Crippen LogP contribution in [-0.4, -0.2) is 34.3 Å². The second-order valence-electron chi connectivity index (χ2n) is 6.41. The molecule has 4 heteroatoms. The molecule has 0 saturated heterocycles. The third kappa shape index (κ3) is 3.83.